The van der Waals surface area contributed by atoms with Crippen LogP contribution in [0.25, 0.3) is 0 Å². The second kappa shape index (κ2) is 8.97. The fourth-order valence-corrected chi connectivity index (χ4v) is 4.08. The summed E-state index contributed by atoms with van der Waals surface area (Å²) < 4.78 is 3.50. The average Bonchev–Trinajstić information content (AvgIpc) is 3.16. The van der Waals surface area contributed by atoms with Crippen LogP contribution in [0.5, 0.6) is 0 Å². The first-order valence-corrected chi connectivity index (χ1v) is 10.6. The number of hydrogen-bond acceptors (Lipinski definition) is 4. The second-order valence-corrected chi connectivity index (χ2v) is 8.07. The lowest BCUT2D eigenvalue weighted by atomic mass is 9.83. The van der Waals surface area contributed by atoms with E-state index in [1.807, 2.05) is 18.2 Å². The molecule has 0 radical (unpaired) electrons. The van der Waals surface area contributed by atoms with E-state index in [0.717, 1.165) is 0 Å². The molecule has 1 heterocycles. The topological polar surface area (TPSA) is 87.4 Å². The molecule has 4 aromatic rings. The molecule has 0 saturated heterocycles. The van der Waals surface area contributed by atoms with Crippen LogP contribution >= 0.6 is 11.6 Å². The smallest absolute Gasteiger partial charge is 0.269 e. The molecule has 0 aliphatic rings. The lowest BCUT2D eigenvalue weighted by Gasteiger charge is -2.39. The van der Waals surface area contributed by atoms with E-state index < -0.39 is 10.5 Å². The molecule has 166 valence electrons. The molecule has 0 fully saturated rings. The third kappa shape index (κ3) is 4.28. The standard InChI is InChI=1S/C25H21ClN4O3/c1-28-15-16-29(2)24(28)25(31,19-7-6-8-20(26)17-19)23(27-21-9-4-3-5-10-21)18-11-13-22(14-12-18)30(32)33/h3-17H,1-2H3. The van der Waals surface area contributed by atoms with Gasteiger partial charge in [-0.25, -0.2) is 9.13 Å². The highest BCUT2D eigenvalue weighted by Gasteiger charge is 2.38. The number of nitro groups is 1. The lowest BCUT2D eigenvalue weighted by molar-refractivity contribution is -0.696. The zero-order chi connectivity index (χ0) is 23.6. The minimum atomic E-state index is -1.98. The van der Waals surface area contributed by atoms with Crippen LogP contribution in [0.2, 0.25) is 5.02 Å². The van der Waals surface area contributed by atoms with Crippen molar-refractivity contribution in [3.05, 3.63) is 123 Å². The molecule has 1 unspecified atom stereocenters. The van der Waals surface area contributed by atoms with Crippen molar-refractivity contribution in [1.82, 2.24) is 4.57 Å². The van der Waals surface area contributed by atoms with E-state index in [0.29, 0.717) is 27.7 Å². The molecule has 7 nitrogen and oxygen atoms in total. The van der Waals surface area contributed by atoms with E-state index in [1.54, 1.807) is 84.2 Å². The Labute approximate surface area is 196 Å². The van der Waals surface area contributed by atoms with Crippen LogP contribution in [0.15, 0.2) is 96.2 Å². The van der Waals surface area contributed by atoms with E-state index in [-0.39, 0.29) is 11.4 Å². The third-order valence-electron chi connectivity index (χ3n) is 5.41. The van der Waals surface area contributed by atoms with Gasteiger partial charge in [0.05, 0.1) is 36.0 Å². The Morgan fingerprint density at radius 1 is 1.06 bits per heavy atom. The van der Waals surface area contributed by atoms with Gasteiger partial charge in [0.15, 0.2) is 0 Å². The summed E-state index contributed by atoms with van der Waals surface area (Å²) in [7, 11) is 3.59. The van der Waals surface area contributed by atoms with Crippen molar-refractivity contribution in [3.8, 4) is 0 Å². The number of rotatable bonds is 6. The SMILES string of the molecule is Cn1cc[n+](C)c1C([O-])(C(=Nc1ccccc1)c1ccc([N+](=O)[O-])cc1)c1cccc(Cl)c1. The number of non-ortho nitro benzene ring substituents is 1. The molecule has 0 aliphatic heterocycles. The molecule has 4 rings (SSSR count). The van der Waals surface area contributed by atoms with E-state index in [2.05, 4.69) is 0 Å². The van der Waals surface area contributed by atoms with Crippen molar-refractivity contribution in [3.63, 3.8) is 0 Å². The van der Waals surface area contributed by atoms with Gasteiger partial charge >= 0.3 is 0 Å². The summed E-state index contributed by atoms with van der Waals surface area (Å²) >= 11 is 6.29. The predicted octanol–water partition coefficient (Wildman–Crippen LogP) is 3.84. The van der Waals surface area contributed by atoms with Gasteiger partial charge in [-0.1, -0.05) is 41.9 Å². The summed E-state index contributed by atoms with van der Waals surface area (Å²) in [5.74, 6) is 0.429. The molecule has 0 aliphatic carbocycles. The van der Waals surface area contributed by atoms with E-state index in [4.69, 9.17) is 16.6 Å². The van der Waals surface area contributed by atoms with Crippen molar-refractivity contribution >= 4 is 28.7 Å². The predicted molar refractivity (Wildman–Crippen MR) is 125 cm³/mol. The summed E-state index contributed by atoms with van der Waals surface area (Å²) in [4.78, 5) is 15.5. The van der Waals surface area contributed by atoms with Crippen LogP contribution in [0.4, 0.5) is 11.4 Å². The first-order chi connectivity index (χ1) is 15.8. The molecule has 0 bridgehead atoms. The molecule has 0 saturated carbocycles. The van der Waals surface area contributed by atoms with Crippen molar-refractivity contribution in [2.45, 2.75) is 5.60 Å². The molecule has 3 aromatic carbocycles. The highest BCUT2D eigenvalue weighted by Crippen LogP contribution is 2.33. The molecule has 0 spiro atoms. The quantitative estimate of drug-likeness (QED) is 0.189. The first-order valence-electron chi connectivity index (χ1n) is 10.2. The maximum atomic E-state index is 15.1. The molecular weight excluding hydrogens is 440 g/mol. The first kappa shape index (κ1) is 22.4. The van der Waals surface area contributed by atoms with Crippen LogP contribution in [-0.2, 0) is 19.7 Å². The third-order valence-corrected chi connectivity index (χ3v) is 5.65. The van der Waals surface area contributed by atoms with Gasteiger partial charge in [0.1, 0.15) is 12.4 Å². The number of aryl methyl sites for hydroxylation is 2. The van der Waals surface area contributed by atoms with Crippen molar-refractivity contribution in [2.24, 2.45) is 19.1 Å². The second-order valence-electron chi connectivity index (χ2n) is 7.64. The molecule has 0 amide bonds. The highest BCUT2D eigenvalue weighted by atomic mass is 35.5. The van der Waals surface area contributed by atoms with Gasteiger partial charge in [0.25, 0.3) is 11.5 Å². The number of aliphatic imine (C=N–C) groups is 1. The largest absolute Gasteiger partial charge is 0.832 e. The Morgan fingerprint density at radius 2 is 1.76 bits per heavy atom. The highest BCUT2D eigenvalue weighted by molar-refractivity contribution is 6.30. The molecule has 1 atom stereocenters. The number of benzene rings is 3. The van der Waals surface area contributed by atoms with Crippen molar-refractivity contribution in [1.29, 1.82) is 0 Å². The summed E-state index contributed by atoms with van der Waals surface area (Å²) in [6.45, 7) is 0. The lowest BCUT2D eigenvalue weighted by Crippen LogP contribution is -2.57. The zero-order valence-electron chi connectivity index (χ0n) is 18.1. The Bertz CT molecular complexity index is 1310. The molecule has 33 heavy (non-hydrogen) atoms. The van der Waals surface area contributed by atoms with Gasteiger partial charge in [-0.2, -0.15) is 0 Å². The number of halogens is 1. The van der Waals surface area contributed by atoms with Crippen molar-refractivity contribution < 1.29 is 14.6 Å². The van der Waals surface area contributed by atoms with Crippen LogP contribution < -0.4 is 9.67 Å². The number of nitrogens with zero attached hydrogens (tertiary/aromatic N) is 4. The molecule has 0 N–H and O–H groups in total. The molecule has 1 aromatic heterocycles. The number of imidazole rings is 1. The number of hydrogen-bond donors (Lipinski definition) is 0. The van der Waals surface area contributed by atoms with Gasteiger partial charge in [0.2, 0.25) is 0 Å². The van der Waals surface area contributed by atoms with Crippen LogP contribution in [0, 0.1) is 10.1 Å². The number of para-hydroxylation sites is 1. The monoisotopic (exact) mass is 460 g/mol. The summed E-state index contributed by atoms with van der Waals surface area (Å²) in [5.41, 5.74) is -0.389. The van der Waals surface area contributed by atoms with Crippen LogP contribution in [0.1, 0.15) is 17.0 Å². The maximum Gasteiger partial charge on any atom is 0.269 e. The van der Waals surface area contributed by atoms with E-state index >= 15 is 5.11 Å². The summed E-state index contributed by atoms with van der Waals surface area (Å²) in [6.07, 6.45) is 3.59. The minimum absolute atomic E-state index is 0.0681. The van der Waals surface area contributed by atoms with Gasteiger partial charge in [-0.3, -0.25) is 15.1 Å². The number of nitro benzene ring substituents is 1. The van der Waals surface area contributed by atoms with Gasteiger partial charge in [-0.05, 0) is 47.5 Å². The van der Waals surface area contributed by atoms with E-state index in [9.17, 15) is 10.1 Å². The Morgan fingerprint density at radius 3 is 2.33 bits per heavy atom. The number of aromatic nitrogens is 2. The van der Waals surface area contributed by atoms with Gasteiger partial charge < -0.3 is 5.11 Å². The Kier molecular flexibility index (Phi) is 6.09. The fraction of sp³-hybridized carbons (Fsp3) is 0.120. The summed E-state index contributed by atoms with van der Waals surface area (Å²) in [5, 5.41) is 26.7. The zero-order valence-corrected chi connectivity index (χ0v) is 18.8. The normalized spacial score (nSPS) is 13.5. The Hall–Kier alpha value is -3.81. The summed E-state index contributed by atoms with van der Waals surface area (Å²) in [6, 6.07) is 21.8. The fourth-order valence-electron chi connectivity index (χ4n) is 3.89. The Balaban J connectivity index is 2.06. The minimum Gasteiger partial charge on any atom is -0.832 e. The van der Waals surface area contributed by atoms with Gasteiger partial charge in [0, 0.05) is 17.2 Å². The average molecular weight is 461 g/mol. The van der Waals surface area contributed by atoms with E-state index in [1.165, 1.54) is 12.1 Å². The van der Waals surface area contributed by atoms with Crippen molar-refractivity contribution in [2.75, 3.05) is 0 Å². The maximum absolute atomic E-state index is 15.1. The van der Waals surface area contributed by atoms with Gasteiger partial charge in [-0.15, -0.1) is 0 Å². The molecular formula is C25H21ClN4O3. The van der Waals surface area contributed by atoms with Crippen LogP contribution in [0.3, 0.4) is 0 Å². The molecule has 8 heteroatoms. The van der Waals surface area contributed by atoms with Crippen LogP contribution in [-0.4, -0.2) is 15.2 Å².